The lowest BCUT2D eigenvalue weighted by molar-refractivity contribution is -0.121. The van der Waals surface area contributed by atoms with Crippen LogP contribution in [0.2, 0.25) is 0 Å². The summed E-state index contributed by atoms with van der Waals surface area (Å²) in [5.74, 6) is 0.0785. The molecule has 152 valence electrons. The average molecular weight is 402 g/mol. The lowest BCUT2D eigenvalue weighted by atomic mass is 10.0. The summed E-state index contributed by atoms with van der Waals surface area (Å²) in [4.78, 5) is 20.9. The molecule has 0 saturated carbocycles. The highest BCUT2D eigenvalue weighted by atomic mass is 32.1. The summed E-state index contributed by atoms with van der Waals surface area (Å²) in [6.07, 6.45) is 1.31. The van der Waals surface area contributed by atoms with E-state index in [1.54, 1.807) is 11.3 Å². The van der Waals surface area contributed by atoms with E-state index in [0.717, 1.165) is 60.4 Å². The number of benzene rings is 1. The van der Waals surface area contributed by atoms with Crippen LogP contribution in [0.15, 0.2) is 18.2 Å². The van der Waals surface area contributed by atoms with Crippen molar-refractivity contribution in [3.05, 3.63) is 39.2 Å². The van der Waals surface area contributed by atoms with Crippen LogP contribution in [-0.2, 0) is 16.0 Å². The van der Waals surface area contributed by atoms with E-state index < -0.39 is 0 Å². The third-order valence-corrected chi connectivity index (χ3v) is 6.17. The molecule has 2 aromatic rings. The number of carbonyl (C=O) groups excluding carboxylic acids is 1. The molecule has 0 aliphatic carbocycles. The van der Waals surface area contributed by atoms with Gasteiger partial charge in [0.2, 0.25) is 5.91 Å². The molecule has 6 heteroatoms. The first-order chi connectivity index (χ1) is 13.5. The Morgan fingerprint density at radius 3 is 2.71 bits per heavy atom. The fourth-order valence-corrected chi connectivity index (χ4v) is 4.62. The third-order valence-electron chi connectivity index (χ3n) is 5.20. The van der Waals surface area contributed by atoms with Gasteiger partial charge >= 0.3 is 0 Å². The Kier molecular flexibility index (Phi) is 7.21. The number of amides is 1. The van der Waals surface area contributed by atoms with Crippen molar-refractivity contribution < 1.29 is 9.53 Å². The van der Waals surface area contributed by atoms with Crippen LogP contribution in [0.4, 0.5) is 0 Å². The van der Waals surface area contributed by atoms with Crippen molar-refractivity contribution in [3.8, 4) is 11.3 Å². The summed E-state index contributed by atoms with van der Waals surface area (Å²) in [7, 11) is 0. The average Bonchev–Trinajstić information content (AvgIpc) is 3.01. The molecule has 28 heavy (non-hydrogen) atoms. The molecule has 1 N–H and O–H groups in total. The maximum absolute atomic E-state index is 12.8. The minimum atomic E-state index is 0.0785. The first kappa shape index (κ1) is 21.0. The predicted molar refractivity (Wildman–Crippen MR) is 115 cm³/mol. The van der Waals surface area contributed by atoms with Gasteiger partial charge in [0.25, 0.3) is 0 Å². The van der Waals surface area contributed by atoms with E-state index in [4.69, 9.17) is 9.72 Å². The second kappa shape index (κ2) is 9.63. The normalized spacial score (nSPS) is 16.1. The number of nitrogens with zero attached hydrogens (tertiary/aromatic N) is 2. The molecule has 1 aliphatic rings. The lowest BCUT2D eigenvalue weighted by Crippen LogP contribution is -2.47. The van der Waals surface area contributed by atoms with Crippen molar-refractivity contribution in [1.82, 2.24) is 15.2 Å². The largest absolute Gasteiger partial charge is 0.379 e. The van der Waals surface area contributed by atoms with Gasteiger partial charge in [-0.25, -0.2) is 4.98 Å². The van der Waals surface area contributed by atoms with Crippen LogP contribution in [-0.4, -0.2) is 54.7 Å². The second-order valence-electron chi connectivity index (χ2n) is 7.59. The second-order valence-corrected chi connectivity index (χ2v) is 8.87. The third kappa shape index (κ3) is 5.40. The van der Waals surface area contributed by atoms with Crippen LogP contribution in [0, 0.1) is 20.8 Å². The predicted octanol–water partition coefficient (Wildman–Crippen LogP) is 3.50. The molecule has 1 aromatic carbocycles. The van der Waals surface area contributed by atoms with Crippen molar-refractivity contribution in [2.45, 2.75) is 46.6 Å². The Morgan fingerprint density at radius 1 is 1.29 bits per heavy atom. The minimum Gasteiger partial charge on any atom is -0.379 e. The van der Waals surface area contributed by atoms with E-state index in [1.807, 2.05) is 6.92 Å². The number of rotatable bonds is 7. The number of morpholine rings is 1. The van der Waals surface area contributed by atoms with Gasteiger partial charge in [0.1, 0.15) is 0 Å². The Morgan fingerprint density at radius 2 is 2.04 bits per heavy atom. The molecular weight excluding hydrogens is 370 g/mol. The highest BCUT2D eigenvalue weighted by Gasteiger charge is 2.20. The number of nitrogens with one attached hydrogen (secondary N) is 1. The van der Waals surface area contributed by atoms with Crippen molar-refractivity contribution in [2.75, 3.05) is 32.8 Å². The van der Waals surface area contributed by atoms with Crippen LogP contribution in [0.25, 0.3) is 11.3 Å². The van der Waals surface area contributed by atoms with Gasteiger partial charge in [-0.05, 0) is 32.8 Å². The monoisotopic (exact) mass is 401 g/mol. The topological polar surface area (TPSA) is 54.5 Å². The van der Waals surface area contributed by atoms with E-state index in [0.29, 0.717) is 6.42 Å². The smallest absolute Gasteiger partial charge is 0.225 e. The number of aryl methyl sites for hydroxylation is 3. The van der Waals surface area contributed by atoms with Crippen molar-refractivity contribution in [2.24, 2.45) is 0 Å². The van der Waals surface area contributed by atoms with Gasteiger partial charge in [0.05, 0.1) is 30.3 Å². The zero-order chi connectivity index (χ0) is 20.1. The van der Waals surface area contributed by atoms with Gasteiger partial charge in [0.15, 0.2) is 0 Å². The summed E-state index contributed by atoms with van der Waals surface area (Å²) in [5.41, 5.74) is 4.52. The molecule has 0 radical (unpaired) electrons. The Bertz CT molecular complexity index is 812. The summed E-state index contributed by atoms with van der Waals surface area (Å²) in [6.45, 7) is 12.7. The standard InChI is InChI=1S/C22H31N3O2S/c1-5-18(14-25-8-10-27-11-9-25)24-21(26)13-20-22(23-17(4)28-20)19-7-6-15(2)12-16(19)3/h6-7,12,18H,5,8-11,13-14H2,1-4H3,(H,24,26). The van der Waals surface area contributed by atoms with E-state index in [9.17, 15) is 4.79 Å². The molecule has 1 saturated heterocycles. The van der Waals surface area contributed by atoms with E-state index >= 15 is 0 Å². The van der Waals surface area contributed by atoms with Gasteiger partial charge in [-0.15, -0.1) is 11.3 Å². The van der Waals surface area contributed by atoms with Gasteiger partial charge in [0, 0.05) is 36.1 Å². The number of ether oxygens (including phenoxy) is 1. The molecule has 0 spiro atoms. The highest BCUT2D eigenvalue weighted by Crippen LogP contribution is 2.31. The van der Waals surface area contributed by atoms with Gasteiger partial charge < -0.3 is 10.1 Å². The Labute approximate surface area is 172 Å². The van der Waals surface area contributed by atoms with Crippen LogP contribution in [0.5, 0.6) is 0 Å². The maximum Gasteiger partial charge on any atom is 0.225 e. The maximum atomic E-state index is 12.8. The van der Waals surface area contributed by atoms with Crippen molar-refractivity contribution in [1.29, 1.82) is 0 Å². The molecule has 1 aliphatic heterocycles. The molecule has 1 atom stereocenters. The van der Waals surface area contributed by atoms with Gasteiger partial charge in [-0.2, -0.15) is 0 Å². The van der Waals surface area contributed by atoms with Crippen molar-refractivity contribution >= 4 is 17.2 Å². The lowest BCUT2D eigenvalue weighted by Gasteiger charge is -2.30. The Hall–Kier alpha value is -1.76. The number of hydrogen-bond donors (Lipinski definition) is 1. The van der Waals surface area contributed by atoms with Crippen LogP contribution < -0.4 is 5.32 Å². The molecule has 2 heterocycles. The van der Waals surface area contributed by atoms with Crippen molar-refractivity contribution in [3.63, 3.8) is 0 Å². The molecule has 1 unspecified atom stereocenters. The first-order valence-corrected chi connectivity index (χ1v) is 10.9. The zero-order valence-electron chi connectivity index (χ0n) is 17.4. The van der Waals surface area contributed by atoms with E-state index in [2.05, 4.69) is 49.2 Å². The van der Waals surface area contributed by atoms with Gasteiger partial charge in [-0.3, -0.25) is 9.69 Å². The molecule has 1 amide bonds. The highest BCUT2D eigenvalue weighted by molar-refractivity contribution is 7.12. The molecule has 3 rings (SSSR count). The molecule has 1 fully saturated rings. The molecule has 1 aromatic heterocycles. The van der Waals surface area contributed by atoms with Gasteiger partial charge in [-0.1, -0.05) is 30.7 Å². The Balaban J connectivity index is 1.68. The summed E-state index contributed by atoms with van der Waals surface area (Å²) in [5, 5.41) is 4.23. The number of thiazole rings is 1. The fourth-order valence-electron chi connectivity index (χ4n) is 3.68. The number of carbonyl (C=O) groups is 1. The number of hydrogen-bond acceptors (Lipinski definition) is 5. The van der Waals surface area contributed by atoms with Crippen LogP contribution in [0.1, 0.15) is 34.4 Å². The van der Waals surface area contributed by atoms with E-state index in [1.165, 1.54) is 11.1 Å². The van der Waals surface area contributed by atoms with E-state index in [-0.39, 0.29) is 11.9 Å². The molecule has 5 nitrogen and oxygen atoms in total. The minimum absolute atomic E-state index is 0.0785. The SMILES string of the molecule is CCC(CN1CCOCC1)NC(=O)Cc1sc(C)nc1-c1ccc(C)cc1C. The quantitative estimate of drug-likeness (QED) is 0.771. The fraction of sp³-hybridized carbons (Fsp3) is 0.545. The molecular formula is C22H31N3O2S. The first-order valence-electron chi connectivity index (χ1n) is 10.1. The summed E-state index contributed by atoms with van der Waals surface area (Å²) < 4.78 is 5.41. The summed E-state index contributed by atoms with van der Waals surface area (Å²) >= 11 is 1.62. The van der Waals surface area contributed by atoms with Crippen LogP contribution >= 0.6 is 11.3 Å². The zero-order valence-corrected chi connectivity index (χ0v) is 18.2. The molecule has 0 bridgehead atoms. The van der Waals surface area contributed by atoms with Crippen LogP contribution in [0.3, 0.4) is 0 Å². The number of aromatic nitrogens is 1. The summed E-state index contributed by atoms with van der Waals surface area (Å²) in [6, 6.07) is 6.57.